The van der Waals surface area contributed by atoms with Crippen LogP contribution in [0.5, 0.6) is 0 Å². The van der Waals surface area contributed by atoms with Crippen molar-refractivity contribution in [1.29, 1.82) is 0 Å². The van der Waals surface area contributed by atoms with Gasteiger partial charge in [0.1, 0.15) is 5.82 Å². The maximum absolute atomic E-state index is 12.0. The zero-order chi connectivity index (χ0) is 21.5. The third-order valence-electron chi connectivity index (χ3n) is 5.27. The molecule has 1 aromatic carbocycles. The number of amides is 3. The molecule has 160 valence electrons. The lowest BCUT2D eigenvalue weighted by atomic mass is 9.86. The lowest BCUT2D eigenvalue weighted by molar-refractivity contribution is -0.148. The summed E-state index contributed by atoms with van der Waals surface area (Å²) in [7, 11) is 0. The Kier molecular flexibility index (Phi) is 7.16. The van der Waals surface area contributed by atoms with Crippen molar-refractivity contribution in [3.8, 4) is 0 Å². The Morgan fingerprint density at radius 1 is 1.20 bits per heavy atom. The monoisotopic (exact) mass is 414 g/mol. The van der Waals surface area contributed by atoms with Crippen LogP contribution < -0.4 is 16.2 Å². The number of benzene rings is 1. The molecular weight excluding hydrogens is 388 g/mol. The number of imide groups is 1. The Morgan fingerprint density at radius 3 is 2.77 bits per heavy atom. The number of aryl methyl sites for hydroxylation is 1. The molecule has 0 unspecified atom stereocenters. The maximum atomic E-state index is 12.0. The van der Waals surface area contributed by atoms with Crippen molar-refractivity contribution in [1.82, 2.24) is 20.6 Å². The summed E-state index contributed by atoms with van der Waals surface area (Å²) < 4.78 is 4.90. The van der Waals surface area contributed by atoms with E-state index in [9.17, 15) is 19.2 Å². The minimum absolute atomic E-state index is 0.0470. The fourth-order valence-electron chi connectivity index (χ4n) is 3.59. The molecule has 1 heterocycles. The van der Waals surface area contributed by atoms with Crippen LogP contribution in [0.1, 0.15) is 44.9 Å². The minimum Gasteiger partial charge on any atom is -0.456 e. The van der Waals surface area contributed by atoms with Crippen LogP contribution in [0.15, 0.2) is 29.1 Å². The Bertz CT molecular complexity index is 987. The zero-order valence-electron chi connectivity index (χ0n) is 16.9. The van der Waals surface area contributed by atoms with Gasteiger partial charge in [0, 0.05) is 12.5 Å². The molecular formula is C21H26N4O5. The number of nitrogens with zero attached hydrogens (tertiary/aromatic N) is 1. The van der Waals surface area contributed by atoms with Gasteiger partial charge in [-0.2, -0.15) is 0 Å². The molecule has 9 heteroatoms. The quantitative estimate of drug-likeness (QED) is 0.618. The summed E-state index contributed by atoms with van der Waals surface area (Å²) in [5.41, 5.74) is 0.268. The highest BCUT2D eigenvalue weighted by atomic mass is 16.5. The number of esters is 1. The van der Waals surface area contributed by atoms with E-state index in [1.54, 1.807) is 24.3 Å². The highest BCUT2D eigenvalue weighted by Crippen LogP contribution is 2.23. The zero-order valence-corrected chi connectivity index (χ0v) is 16.9. The van der Waals surface area contributed by atoms with E-state index in [-0.39, 0.29) is 24.4 Å². The van der Waals surface area contributed by atoms with E-state index in [1.165, 1.54) is 0 Å². The van der Waals surface area contributed by atoms with Crippen LogP contribution in [0.2, 0.25) is 0 Å². The average molecular weight is 414 g/mol. The predicted molar refractivity (Wildman–Crippen MR) is 110 cm³/mol. The van der Waals surface area contributed by atoms with Crippen LogP contribution >= 0.6 is 0 Å². The summed E-state index contributed by atoms with van der Waals surface area (Å²) in [6, 6.07) is 6.38. The van der Waals surface area contributed by atoms with Gasteiger partial charge in [0.15, 0.2) is 6.61 Å². The molecule has 9 nitrogen and oxygen atoms in total. The first-order valence-corrected chi connectivity index (χ1v) is 10.2. The molecule has 0 spiro atoms. The van der Waals surface area contributed by atoms with E-state index in [0.717, 1.165) is 25.7 Å². The molecule has 30 heavy (non-hydrogen) atoms. The molecule has 1 aliphatic rings. The first-order chi connectivity index (χ1) is 14.4. The summed E-state index contributed by atoms with van der Waals surface area (Å²) in [5, 5.41) is 5.45. The van der Waals surface area contributed by atoms with Gasteiger partial charge in [-0.25, -0.2) is 9.78 Å². The summed E-state index contributed by atoms with van der Waals surface area (Å²) in [4.78, 5) is 54.6. The van der Waals surface area contributed by atoms with Crippen LogP contribution in [0.4, 0.5) is 4.79 Å². The van der Waals surface area contributed by atoms with Crippen molar-refractivity contribution >= 4 is 28.8 Å². The van der Waals surface area contributed by atoms with Gasteiger partial charge >= 0.3 is 12.0 Å². The van der Waals surface area contributed by atoms with E-state index in [4.69, 9.17) is 4.74 Å². The number of hydrogen-bond acceptors (Lipinski definition) is 6. The molecule has 0 radical (unpaired) electrons. The molecule has 1 saturated carbocycles. The van der Waals surface area contributed by atoms with Gasteiger partial charge in [0.2, 0.25) is 0 Å². The standard InChI is InChI=1S/C21H26N4O5/c1-13-6-2-4-8-15(13)23-21(29)25-18(26)12-30-19(27)11-10-17-22-16-9-5-3-7-14(16)20(28)24-17/h3,5,7,9,13,15H,2,4,6,8,10-12H2,1H3,(H,22,24,28)(H2,23,25,26,29)/t13-,15-/m1/s1. The molecule has 3 amide bonds. The Hall–Kier alpha value is -3.23. The van der Waals surface area contributed by atoms with Crippen molar-refractivity contribution in [2.75, 3.05) is 6.61 Å². The minimum atomic E-state index is -0.693. The highest BCUT2D eigenvalue weighted by molar-refractivity contribution is 5.95. The second kappa shape index (κ2) is 10.00. The second-order valence-corrected chi connectivity index (χ2v) is 7.58. The molecule has 1 aromatic heterocycles. The first-order valence-electron chi connectivity index (χ1n) is 10.2. The van der Waals surface area contributed by atoms with Crippen LogP contribution in [0, 0.1) is 5.92 Å². The fraction of sp³-hybridized carbons (Fsp3) is 0.476. The normalized spacial score (nSPS) is 18.6. The van der Waals surface area contributed by atoms with Gasteiger partial charge in [0.25, 0.3) is 11.5 Å². The number of carbonyl (C=O) groups is 3. The lowest BCUT2D eigenvalue weighted by Crippen LogP contribution is -2.48. The smallest absolute Gasteiger partial charge is 0.321 e. The molecule has 0 saturated heterocycles. The number of urea groups is 1. The van der Waals surface area contributed by atoms with Crippen molar-refractivity contribution in [2.24, 2.45) is 5.92 Å². The van der Waals surface area contributed by atoms with Gasteiger partial charge in [-0.15, -0.1) is 0 Å². The second-order valence-electron chi connectivity index (χ2n) is 7.58. The van der Waals surface area contributed by atoms with Gasteiger partial charge in [-0.3, -0.25) is 19.7 Å². The van der Waals surface area contributed by atoms with E-state index in [1.807, 2.05) is 0 Å². The number of aromatic nitrogens is 2. The number of carbonyl (C=O) groups excluding carboxylic acids is 3. The Labute approximate surface area is 173 Å². The number of ether oxygens (including phenoxy) is 1. The molecule has 1 aliphatic carbocycles. The SMILES string of the molecule is C[C@@H]1CCCC[C@H]1NC(=O)NC(=O)COC(=O)CCc1nc2ccccc2c(=O)[nH]1. The predicted octanol–water partition coefficient (Wildman–Crippen LogP) is 1.80. The molecule has 3 N–H and O–H groups in total. The fourth-order valence-corrected chi connectivity index (χ4v) is 3.59. The highest BCUT2D eigenvalue weighted by Gasteiger charge is 2.23. The topological polar surface area (TPSA) is 130 Å². The van der Waals surface area contributed by atoms with Crippen LogP contribution in [-0.2, 0) is 20.7 Å². The van der Waals surface area contributed by atoms with E-state index in [0.29, 0.717) is 22.6 Å². The van der Waals surface area contributed by atoms with Crippen LogP contribution in [0.25, 0.3) is 10.9 Å². The molecule has 2 atom stereocenters. The Morgan fingerprint density at radius 2 is 1.97 bits per heavy atom. The first kappa shape index (κ1) is 21.5. The number of rotatable bonds is 6. The van der Waals surface area contributed by atoms with Crippen molar-refractivity contribution < 1.29 is 19.1 Å². The number of hydrogen-bond donors (Lipinski definition) is 3. The molecule has 0 aliphatic heterocycles. The largest absolute Gasteiger partial charge is 0.456 e. The maximum Gasteiger partial charge on any atom is 0.321 e. The molecule has 3 rings (SSSR count). The van der Waals surface area contributed by atoms with Gasteiger partial charge in [-0.05, 0) is 30.9 Å². The van der Waals surface area contributed by atoms with E-state index < -0.39 is 24.5 Å². The van der Waals surface area contributed by atoms with Gasteiger partial charge in [-0.1, -0.05) is 31.9 Å². The summed E-state index contributed by atoms with van der Waals surface area (Å²) in [6.07, 6.45) is 4.26. The third-order valence-corrected chi connectivity index (χ3v) is 5.27. The average Bonchev–Trinajstić information content (AvgIpc) is 2.72. The van der Waals surface area contributed by atoms with Crippen molar-refractivity contribution in [3.05, 3.63) is 40.4 Å². The molecule has 0 bridgehead atoms. The summed E-state index contributed by atoms with van der Waals surface area (Å²) >= 11 is 0. The summed E-state index contributed by atoms with van der Waals surface area (Å²) in [5.74, 6) is -0.586. The third kappa shape index (κ3) is 5.88. The number of para-hydroxylation sites is 1. The number of fused-ring (bicyclic) bond motifs is 1. The van der Waals surface area contributed by atoms with Gasteiger partial charge < -0.3 is 15.0 Å². The Balaban J connectivity index is 1.40. The number of nitrogens with one attached hydrogen (secondary N) is 3. The summed E-state index contributed by atoms with van der Waals surface area (Å²) in [6.45, 7) is 1.53. The van der Waals surface area contributed by atoms with Crippen LogP contribution in [0.3, 0.4) is 0 Å². The number of H-pyrrole nitrogens is 1. The molecule has 1 fully saturated rings. The van der Waals surface area contributed by atoms with E-state index in [2.05, 4.69) is 27.5 Å². The van der Waals surface area contributed by atoms with Gasteiger partial charge in [0.05, 0.1) is 17.3 Å². The molecule has 2 aromatic rings. The lowest BCUT2D eigenvalue weighted by Gasteiger charge is -2.29. The van der Waals surface area contributed by atoms with Crippen molar-refractivity contribution in [2.45, 2.75) is 51.5 Å². The number of aromatic amines is 1. The van der Waals surface area contributed by atoms with E-state index >= 15 is 0 Å². The van der Waals surface area contributed by atoms with Crippen LogP contribution in [-0.4, -0.2) is 40.5 Å². The van der Waals surface area contributed by atoms with Crippen molar-refractivity contribution in [3.63, 3.8) is 0 Å².